The van der Waals surface area contributed by atoms with Crippen LogP contribution in [0.4, 0.5) is 0 Å². The Hall–Kier alpha value is -0.980. The molecule has 0 spiro atoms. The summed E-state index contributed by atoms with van der Waals surface area (Å²) in [5.74, 6) is 0. The van der Waals surface area contributed by atoms with Crippen molar-refractivity contribution in [1.29, 1.82) is 0 Å². The van der Waals surface area contributed by atoms with Crippen LogP contribution in [0.3, 0.4) is 0 Å². The fourth-order valence-electron chi connectivity index (χ4n) is 2.35. The summed E-state index contributed by atoms with van der Waals surface area (Å²) < 4.78 is 20.7. The summed E-state index contributed by atoms with van der Waals surface area (Å²) in [7, 11) is 1.28. The summed E-state index contributed by atoms with van der Waals surface area (Å²) >= 11 is 0. The number of methoxy groups -OCH3 is 1. The molecule has 4 N–H and O–H groups in total. The van der Waals surface area contributed by atoms with Gasteiger partial charge in [0, 0.05) is 7.11 Å². The van der Waals surface area contributed by atoms with Crippen LogP contribution >= 0.6 is 0 Å². The van der Waals surface area contributed by atoms with Gasteiger partial charge in [-0.2, -0.15) is 0 Å². The molecule has 8 atom stereocenters. The van der Waals surface area contributed by atoms with Gasteiger partial charge >= 0.3 is 0 Å². The van der Waals surface area contributed by atoms with Crippen molar-refractivity contribution in [3.05, 3.63) is 0 Å². The molecule has 140 valence electrons. The van der Waals surface area contributed by atoms with Crippen LogP contribution in [-0.2, 0) is 28.5 Å². The van der Waals surface area contributed by atoms with E-state index in [-0.39, 0.29) is 0 Å². The molecule has 1 heterocycles. The zero-order valence-corrected chi connectivity index (χ0v) is 13.4. The molecule has 0 aromatic rings. The summed E-state index contributed by atoms with van der Waals surface area (Å²) in [6, 6.07) is 0. The molecule has 10 nitrogen and oxygen atoms in total. The lowest BCUT2D eigenvalue weighted by Crippen LogP contribution is -2.61. The van der Waals surface area contributed by atoms with E-state index >= 15 is 0 Å². The van der Waals surface area contributed by atoms with Crippen molar-refractivity contribution in [3.8, 4) is 0 Å². The van der Waals surface area contributed by atoms with Gasteiger partial charge in [-0.15, -0.1) is 0 Å². The van der Waals surface area contributed by atoms with E-state index in [9.17, 15) is 30.0 Å². The topological polar surface area (TPSA) is 152 Å². The SMILES string of the molecule is COC1C(CO)OC(OC(C=O)C(CO)O[C@@H](C)C=O)C(O)C1O. The lowest BCUT2D eigenvalue weighted by molar-refractivity contribution is -0.317. The molecule has 0 radical (unpaired) electrons. The average molecular weight is 352 g/mol. The number of rotatable bonds is 10. The normalized spacial score (nSPS) is 34.3. The van der Waals surface area contributed by atoms with Crippen LogP contribution in [0, 0.1) is 0 Å². The van der Waals surface area contributed by atoms with Gasteiger partial charge in [0.05, 0.1) is 13.2 Å². The highest BCUT2D eigenvalue weighted by molar-refractivity contribution is 5.58. The van der Waals surface area contributed by atoms with Crippen molar-refractivity contribution in [1.82, 2.24) is 0 Å². The molecule has 0 aromatic heterocycles. The molecule has 1 aliphatic heterocycles. The number of aliphatic hydroxyl groups excluding tert-OH is 4. The third-order valence-corrected chi connectivity index (χ3v) is 3.65. The van der Waals surface area contributed by atoms with Crippen LogP contribution in [0.25, 0.3) is 0 Å². The first-order valence-corrected chi connectivity index (χ1v) is 7.41. The highest BCUT2D eigenvalue weighted by Gasteiger charge is 2.46. The molecule has 1 fully saturated rings. The lowest BCUT2D eigenvalue weighted by atomic mass is 9.99. The second kappa shape index (κ2) is 10.1. The predicted octanol–water partition coefficient (Wildman–Crippen LogP) is -3.01. The Kier molecular flexibility index (Phi) is 8.87. The van der Waals surface area contributed by atoms with Crippen molar-refractivity contribution < 1.29 is 49.0 Å². The Morgan fingerprint density at radius 2 is 1.83 bits per heavy atom. The van der Waals surface area contributed by atoms with Gasteiger partial charge in [0.25, 0.3) is 0 Å². The summed E-state index contributed by atoms with van der Waals surface area (Å²) in [5, 5.41) is 38.6. The molecule has 0 saturated carbocycles. The van der Waals surface area contributed by atoms with Gasteiger partial charge < -0.3 is 49.0 Å². The summed E-state index contributed by atoms with van der Waals surface area (Å²) in [6.45, 7) is 0.269. The van der Waals surface area contributed by atoms with Crippen molar-refractivity contribution >= 4 is 12.6 Å². The molecular formula is C14H24O10. The lowest BCUT2D eigenvalue weighted by Gasteiger charge is -2.42. The number of ether oxygens (including phenoxy) is 4. The number of aliphatic hydroxyl groups is 4. The first kappa shape index (κ1) is 21.1. The number of carbonyl (C=O) groups excluding carboxylic acids is 2. The maximum Gasteiger partial charge on any atom is 0.187 e. The van der Waals surface area contributed by atoms with E-state index in [4.69, 9.17) is 18.9 Å². The standard InChI is InChI=1S/C14H24O10/c1-7(3-15)22-8(4-16)9(5-17)23-14-12(20)11(19)13(21-2)10(6-18)24-14/h3,5,7-14,16,18-20H,4,6H2,1-2H3/t7-,8?,9?,10?,11?,12?,13?,14?/m0/s1. The maximum atomic E-state index is 11.2. The largest absolute Gasteiger partial charge is 0.394 e. The maximum absolute atomic E-state index is 11.2. The van der Waals surface area contributed by atoms with E-state index in [1.165, 1.54) is 14.0 Å². The smallest absolute Gasteiger partial charge is 0.187 e. The van der Waals surface area contributed by atoms with E-state index in [0.29, 0.717) is 12.6 Å². The quantitative estimate of drug-likeness (QED) is 0.299. The first-order valence-electron chi connectivity index (χ1n) is 7.41. The molecule has 24 heavy (non-hydrogen) atoms. The molecule has 1 aliphatic rings. The molecule has 0 aliphatic carbocycles. The predicted molar refractivity (Wildman–Crippen MR) is 77.0 cm³/mol. The number of hydrogen-bond acceptors (Lipinski definition) is 10. The minimum Gasteiger partial charge on any atom is -0.394 e. The number of hydrogen-bond donors (Lipinski definition) is 4. The van der Waals surface area contributed by atoms with Crippen LogP contribution in [0.1, 0.15) is 6.92 Å². The molecule has 0 amide bonds. The third-order valence-electron chi connectivity index (χ3n) is 3.65. The van der Waals surface area contributed by atoms with Crippen molar-refractivity contribution in [2.45, 2.75) is 55.9 Å². The highest BCUT2D eigenvalue weighted by Crippen LogP contribution is 2.25. The molecule has 0 bridgehead atoms. The Bertz CT molecular complexity index is 390. The number of carbonyl (C=O) groups is 2. The second-order valence-electron chi connectivity index (χ2n) is 5.34. The van der Waals surface area contributed by atoms with E-state index < -0.39 is 62.2 Å². The Balaban J connectivity index is 2.82. The zero-order valence-electron chi connectivity index (χ0n) is 13.4. The van der Waals surface area contributed by atoms with Crippen molar-refractivity contribution in [2.75, 3.05) is 20.3 Å². The van der Waals surface area contributed by atoms with Gasteiger partial charge in [-0.05, 0) is 6.92 Å². The third kappa shape index (κ3) is 5.01. The average Bonchev–Trinajstić information content (AvgIpc) is 2.60. The van der Waals surface area contributed by atoms with Gasteiger partial charge in [-0.3, -0.25) is 0 Å². The Morgan fingerprint density at radius 1 is 1.17 bits per heavy atom. The van der Waals surface area contributed by atoms with E-state index in [1.54, 1.807) is 0 Å². The van der Waals surface area contributed by atoms with E-state index in [2.05, 4.69) is 0 Å². The summed E-state index contributed by atoms with van der Waals surface area (Å²) in [6.07, 6.45) is -9.09. The molecule has 0 aromatic carbocycles. The van der Waals surface area contributed by atoms with Crippen LogP contribution in [0.5, 0.6) is 0 Å². The summed E-state index contributed by atoms with van der Waals surface area (Å²) in [5.41, 5.74) is 0. The zero-order chi connectivity index (χ0) is 18.3. The molecule has 10 heteroatoms. The van der Waals surface area contributed by atoms with E-state index in [1.807, 2.05) is 0 Å². The van der Waals surface area contributed by atoms with Crippen LogP contribution < -0.4 is 0 Å². The second-order valence-corrected chi connectivity index (χ2v) is 5.34. The van der Waals surface area contributed by atoms with Crippen molar-refractivity contribution in [3.63, 3.8) is 0 Å². The number of aldehydes is 2. The minimum absolute atomic E-state index is 0.317. The van der Waals surface area contributed by atoms with E-state index in [0.717, 1.165) is 0 Å². The molecular weight excluding hydrogens is 328 g/mol. The van der Waals surface area contributed by atoms with Crippen LogP contribution in [0.2, 0.25) is 0 Å². The minimum atomic E-state index is -1.57. The summed E-state index contributed by atoms with van der Waals surface area (Å²) in [4.78, 5) is 21.9. The monoisotopic (exact) mass is 352 g/mol. The fraction of sp³-hybridized carbons (Fsp3) is 0.857. The van der Waals surface area contributed by atoms with Crippen molar-refractivity contribution in [2.24, 2.45) is 0 Å². The first-order chi connectivity index (χ1) is 11.4. The molecule has 7 unspecified atom stereocenters. The fourth-order valence-corrected chi connectivity index (χ4v) is 2.35. The van der Waals surface area contributed by atoms with Gasteiger partial charge in [-0.1, -0.05) is 0 Å². The van der Waals surface area contributed by atoms with Crippen LogP contribution in [0.15, 0.2) is 0 Å². The van der Waals surface area contributed by atoms with Gasteiger partial charge in [0.1, 0.15) is 49.0 Å². The molecule has 1 rings (SSSR count). The Morgan fingerprint density at radius 3 is 2.29 bits per heavy atom. The van der Waals surface area contributed by atoms with Crippen LogP contribution in [-0.4, -0.2) is 102 Å². The van der Waals surface area contributed by atoms with Gasteiger partial charge in [0.2, 0.25) is 0 Å². The highest BCUT2D eigenvalue weighted by atomic mass is 16.7. The van der Waals surface area contributed by atoms with Gasteiger partial charge in [-0.25, -0.2) is 0 Å². The Labute approximate surface area is 138 Å². The molecule has 1 saturated heterocycles. The van der Waals surface area contributed by atoms with Gasteiger partial charge in [0.15, 0.2) is 12.6 Å².